The predicted molar refractivity (Wildman–Crippen MR) is 94.5 cm³/mol. The molecule has 1 aliphatic heterocycles. The molecule has 0 spiro atoms. The maximum atomic E-state index is 12.4. The summed E-state index contributed by atoms with van der Waals surface area (Å²) >= 11 is 0. The number of hydrogen-bond donors (Lipinski definition) is 2. The van der Waals surface area contributed by atoms with Gasteiger partial charge in [-0.2, -0.15) is 4.31 Å². The van der Waals surface area contributed by atoms with Crippen LogP contribution in [-0.4, -0.2) is 68.2 Å². The molecule has 2 heterocycles. The van der Waals surface area contributed by atoms with Crippen LogP contribution in [0.5, 0.6) is 0 Å². The molecule has 0 radical (unpaired) electrons. The van der Waals surface area contributed by atoms with Crippen LogP contribution in [0.15, 0.2) is 29.4 Å². The van der Waals surface area contributed by atoms with Gasteiger partial charge in [-0.15, -0.1) is 0 Å². The van der Waals surface area contributed by atoms with Crippen molar-refractivity contribution in [2.24, 2.45) is 10.7 Å². The van der Waals surface area contributed by atoms with Gasteiger partial charge >= 0.3 is 0 Å². The number of hydrogen-bond acceptors (Lipinski definition) is 5. The van der Waals surface area contributed by atoms with E-state index < -0.39 is 10.0 Å². The van der Waals surface area contributed by atoms with Crippen LogP contribution in [0.4, 0.5) is 5.82 Å². The van der Waals surface area contributed by atoms with Crippen LogP contribution in [0.2, 0.25) is 0 Å². The van der Waals surface area contributed by atoms with E-state index >= 15 is 0 Å². The lowest BCUT2D eigenvalue weighted by atomic mass is 10.3. The van der Waals surface area contributed by atoms with Crippen molar-refractivity contribution in [1.29, 1.82) is 0 Å². The van der Waals surface area contributed by atoms with Crippen LogP contribution < -0.4 is 16.0 Å². The van der Waals surface area contributed by atoms with Gasteiger partial charge in [0.25, 0.3) is 0 Å². The Hall–Kier alpha value is -1.87. The van der Waals surface area contributed by atoms with Crippen LogP contribution in [0, 0.1) is 0 Å². The molecule has 1 aromatic heterocycles. The third-order valence-corrected chi connectivity index (χ3v) is 6.02. The summed E-state index contributed by atoms with van der Waals surface area (Å²) in [5.41, 5.74) is 5.72. The highest BCUT2D eigenvalue weighted by molar-refractivity contribution is 7.89. The summed E-state index contributed by atoms with van der Waals surface area (Å²) in [7, 11) is -3.30. The summed E-state index contributed by atoms with van der Waals surface area (Å²) in [5.74, 6) is 1.22. The molecule has 2 fully saturated rings. The summed E-state index contributed by atoms with van der Waals surface area (Å²) < 4.78 is 26.3. The molecule has 1 saturated heterocycles. The minimum Gasteiger partial charge on any atom is -0.370 e. The molecule has 1 aromatic rings. The molecular weight excluding hydrogens is 328 g/mol. The Morgan fingerprint density at radius 2 is 2.04 bits per heavy atom. The summed E-state index contributed by atoms with van der Waals surface area (Å²) in [5, 5.41) is 3.05. The van der Waals surface area contributed by atoms with E-state index in [2.05, 4.69) is 20.2 Å². The van der Waals surface area contributed by atoms with E-state index in [4.69, 9.17) is 5.73 Å². The van der Waals surface area contributed by atoms with E-state index in [1.54, 1.807) is 6.20 Å². The van der Waals surface area contributed by atoms with Crippen molar-refractivity contribution < 1.29 is 8.42 Å². The number of anilines is 1. The fraction of sp³-hybridized carbons (Fsp3) is 0.600. The van der Waals surface area contributed by atoms with E-state index in [9.17, 15) is 8.42 Å². The smallest absolute Gasteiger partial charge is 0.216 e. The second-order valence-electron chi connectivity index (χ2n) is 6.08. The minimum absolute atomic E-state index is 0.0103. The van der Waals surface area contributed by atoms with Gasteiger partial charge in [0.1, 0.15) is 5.82 Å². The number of sulfonamides is 1. The standard InChI is InChI=1S/C15H24N6O2S/c16-15(19-13-4-5-13)18-7-12-24(22,23)21-10-8-20(9-11-21)14-3-1-2-6-17-14/h1-3,6,13H,4-5,7-12H2,(H3,16,18,19). The average molecular weight is 352 g/mol. The van der Waals surface area contributed by atoms with Crippen LogP contribution in [0.3, 0.4) is 0 Å². The maximum absolute atomic E-state index is 12.4. The molecule has 0 amide bonds. The quantitative estimate of drug-likeness (QED) is 0.533. The van der Waals surface area contributed by atoms with Crippen molar-refractivity contribution >= 4 is 21.8 Å². The van der Waals surface area contributed by atoms with Crippen LogP contribution in [-0.2, 0) is 10.0 Å². The second kappa shape index (κ2) is 7.35. The number of nitrogens with one attached hydrogen (secondary N) is 1. The second-order valence-corrected chi connectivity index (χ2v) is 8.16. The number of aliphatic imine (C=N–C) groups is 1. The van der Waals surface area contributed by atoms with Crippen molar-refractivity contribution in [2.45, 2.75) is 18.9 Å². The molecule has 1 aliphatic carbocycles. The maximum Gasteiger partial charge on any atom is 0.216 e. The molecule has 0 atom stereocenters. The summed E-state index contributed by atoms with van der Waals surface area (Å²) in [6.07, 6.45) is 3.96. The summed E-state index contributed by atoms with van der Waals surface area (Å²) in [6, 6.07) is 6.16. The van der Waals surface area contributed by atoms with Gasteiger partial charge in [-0.05, 0) is 25.0 Å². The number of pyridine rings is 1. The molecule has 24 heavy (non-hydrogen) atoms. The van der Waals surface area contributed by atoms with Crippen LogP contribution in [0.25, 0.3) is 0 Å². The highest BCUT2D eigenvalue weighted by Gasteiger charge is 2.27. The molecule has 3 N–H and O–H groups in total. The Morgan fingerprint density at radius 1 is 1.29 bits per heavy atom. The molecular formula is C15H24N6O2S. The van der Waals surface area contributed by atoms with Crippen LogP contribution in [0.1, 0.15) is 12.8 Å². The topological polar surface area (TPSA) is 104 Å². The average Bonchev–Trinajstić information content (AvgIpc) is 3.39. The highest BCUT2D eigenvalue weighted by Crippen LogP contribution is 2.18. The largest absolute Gasteiger partial charge is 0.370 e. The lowest BCUT2D eigenvalue weighted by Gasteiger charge is -2.34. The van der Waals surface area contributed by atoms with Crippen LogP contribution >= 0.6 is 0 Å². The molecule has 2 aliphatic rings. The Labute approximate surface area is 142 Å². The number of piperazine rings is 1. The fourth-order valence-corrected chi connectivity index (χ4v) is 3.93. The van der Waals surface area contributed by atoms with E-state index in [1.165, 1.54) is 4.31 Å². The highest BCUT2D eigenvalue weighted by atomic mass is 32.2. The monoisotopic (exact) mass is 352 g/mol. The minimum atomic E-state index is -3.30. The van der Waals surface area contributed by atoms with Gasteiger partial charge < -0.3 is 16.0 Å². The van der Waals surface area contributed by atoms with Crippen molar-refractivity contribution in [3.05, 3.63) is 24.4 Å². The molecule has 8 nitrogen and oxygen atoms in total. The molecule has 0 unspecified atom stereocenters. The first-order chi connectivity index (χ1) is 11.5. The summed E-state index contributed by atoms with van der Waals surface area (Å²) in [4.78, 5) is 10.5. The number of rotatable bonds is 6. The first-order valence-electron chi connectivity index (χ1n) is 8.25. The SMILES string of the molecule is NC(=NCCS(=O)(=O)N1CCN(c2ccccn2)CC1)NC1CC1. The first kappa shape index (κ1) is 17.0. The van der Waals surface area contributed by atoms with E-state index in [1.807, 2.05) is 18.2 Å². The number of aromatic nitrogens is 1. The molecule has 132 valence electrons. The third kappa shape index (κ3) is 4.57. The van der Waals surface area contributed by atoms with Crippen molar-refractivity contribution in [3.8, 4) is 0 Å². The zero-order chi connectivity index (χ0) is 17.0. The zero-order valence-electron chi connectivity index (χ0n) is 13.6. The normalized spacial score (nSPS) is 20.2. The van der Waals surface area contributed by atoms with Gasteiger partial charge in [-0.3, -0.25) is 4.99 Å². The fourth-order valence-electron chi connectivity index (χ4n) is 2.63. The molecule has 3 rings (SSSR count). The van der Waals surface area contributed by atoms with E-state index in [0.29, 0.717) is 38.2 Å². The third-order valence-electron chi connectivity index (χ3n) is 4.17. The van der Waals surface area contributed by atoms with Gasteiger partial charge in [-0.25, -0.2) is 13.4 Å². The van der Waals surface area contributed by atoms with E-state index in [0.717, 1.165) is 18.7 Å². The Balaban J connectivity index is 1.47. The zero-order valence-corrected chi connectivity index (χ0v) is 14.5. The Kier molecular flexibility index (Phi) is 5.20. The molecule has 0 bridgehead atoms. The summed E-state index contributed by atoms with van der Waals surface area (Å²) in [6.45, 7) is 2.42. The van der Waals surface area contributed by atoms with Gasteiger partial charge in [0.05, 0.1) is 12.3 Å². The van der Waals surface area contributed by atoms with E-state index in [-0.39, 0.29) is 12.3 Å². The molecule has 0 aromatic carbocycles. The van der Waals surface area contributed by atoms with Gasteiger partial charge in [0.2, 0.25) is 10.0 Å². The molecule has 9 heteroatoms. The number of nitrogens with two attached hydrogens (primary N) is 1. The lowest BCUT2D eigenvalue weighted by molar-refractivity contribution is 0.384. The van der Waals surface area contributed by atoms with Crippen molar-refractivity contribution in [1.82, 2.24) is 14.6 Å². The number of guanidine groups is 1. The predicted octanol–water partition coefficient (Wildman–Crippen LogP) is -0.400. The lowest BCUT2D eigenvalue weighted by Crippen LogP contribution is -2.49. The first-order valence-corrected chi connectivity index (χ1v) is 9.86. The molecule has 1 saturated carbocycles. The van der Waals surface area contributed by atoms with Crippen molar-refractivity contribution in [2.75, 3.05) is 43.4 Å². The Morgan fingerprint density at radius 3 is 2.67 bits per heavy atom. The van der Waals surface area contributed by atoms with Gasteiger partial charge in [0, 0.05) is 38.4 Å². The van der Waals surface area contributed by atoms with Gasteiger partial charge in [-0.1, -0.05) is 6.07 Å². The van der Waals surface area contributed by atoms with Crippen molar-refractivity contribution in [3.63, 3.8) is 0 Å². The Bertz CT molecular complexity index is 666. The van der Waals surface area contributed by atoms with Gasteiger partial charge in [0.15, 0.2) is 5.96 Å². The number of nitrogens with zero attached hydrogens (tertiary/aromatic N) is 4.